The number of aryl methyl sites for hydroxylation is 1. The Morgan fingerprint density at radius 2 is 2.41 bits per heavy atom. The molecule has 0 aromatic carbocycles. The van der Waals surface area contributed by atoms with Crippen molar-refractivity contribution in [1.29, 1.82) is 0 Å². The fourth-order valence-corrected chi connectivity index (χ4v) is 3.43. The number of aliphatic carboxylic acids is 1. The van der Waals surface area contributed by atoms with E-state index >= 15 is 0 Å². The molecule has 0 spiro atoms. The summed E-state index contributed by atoms with van der Waals surface area (Å²) in [7, 11) is 0. The van der Waals surface area contributed by atoms with Gasteiger partial charge >= 0.3 is 5.97 Å². The number of thiophene rings is 1. The average molecular weight is 338 g/mol. The van der Waals surface area contributed by atoms with Gasteiger partial charge in [-0.1, -0.05) is 0 Å². The van der Waals surface area contributed by atoms with Crippen molar-refractivity contribution >= 4 is 45.0 Å². The molecular weight excluding hydrogens is 322 g/mol. The Labute approximate surface area is 118 Å². The Morgan fingerprint density at radius 3 is 2.88 bits per heavy atom. The van der Waals surface area contributed by atoms with Gasteiger partial charge in [0.05, 0.1) is 3.79 Å². The van der Waals surface area contributed by atoms with Crippen LogP contribution in [0, 0.1) is 6.92 Å². The van der Waals surface area contributed by atoms with E-state index in [9.17, 15) is 4.79 Å². The highest BCUT2D eigenvalue weighted by atomic mass is 79.9. The van der Waals surface area contributed by atoms with Gasteiger partial charge in [-0.15, -0.1) is 11.3 Å². The Morgan fingerprint density at radius 1 is 1.71 bits per heavy atom. The van der Waals surface area contributed by atoms with Crippen LogP contribution in [0.1, 0.15) is 16.9 Å². The molecule has 0 radical (unpaired) electrons. The minimum Gasteiger partial charge on any atom is -0.480 e. The van der Waals surface area contributed by atoms with E-state index in [4.69, 9.17) is 5.11 Å². The van der Waals surface area contributed by atoms with Crippen molar-refractivity contribution in [2.75, 3.05) is 12.0 Å². The molecule has 2 N–H and O–H groups in total. The van der Waals surface area contributed by atoms with E-state index in [0.717, 1.165) is 14.4 Å². The SMILES string of the molecule is CSCC[C@H](NCc1cc(C)c(Br)s1)C(=O)O. The predicted octanol–water partition coefficient (Wildman–Crippen LogP) is 3.11. The van der Waals surface area contributed by atoms with Crippen LogP contribution in [0.25, 0.3) is 0 Å². The first-order chi connectivity index (χ1) is 8.04. The molecule has 0 aliphatic carbocycles. The van der Waals surface area contributed by atoms with Crippen LogP contribution in [-0.4, -0.2) is 29.1 Å². The lowest BCUT2D eigenvalue weighted by atomic mass is 10.2. The van der Waals surface area contributed by atoms with E-state index in [-0.39, 0.29) is 0 Å². The number of carbonyl (C=O) groups is 1. The highest BCUT2D eigenvalue weighted by molar-refractivity contribution is 9.11. The average Bonchev–Trinajstić information content (AvgIpc) is 2.58. The normalized spacial score (nSPS) is 12.6. The van der Waals surface area contributed by atoms with Gasteiger partial charge in [-0.05, 0) is 52.9 Å². The van der Waals surface area contributed by atoms with Crippen molar-refractivity contribution in [3.05, 3.63) is 20.3 Å². The highest BCUT2D eigenvalue weighted by Crippen LogP contribution is 2.27. The van der Waals surface area contributed by atoms with E-state index in [2.05, 4.69) is 27.3 Å². The molecule has 0 saturated heterocycles. The highest BCUT2D eigenvalue weighted by Gasteiger charge is 2.16. The fourth-order valence-electron chi connectivity index (χ4n) is 1.38. The van der Waals surface area contributed by atoms with Crippen molar-refractivity contribution in [2.45, 2.75) is 25.9 Å². The second kappa shape index (κ2) is 7.41. The molecule has 1 rings (SSSR count). The number of thioether (sulfide) groups is 1. The lowest BCUT2D eigenvalue weighted by Gasteiger charge is -2.12. The number of carboxylic acids is 1. The number of hydrogen-bond acceptors (Lipinski definition) is 4. The zero-order valence-electron chi connectivity index (χ0n) is 9.83. The lowest BCUT2D eigenvalue weighted by molar-refractivity contribution is -0.139. The van der Waals surface area contributed by atoms with Gasteiger partial charge in [0.1, 0.15) is 6.04 Å². The topological polar surface area (TPSA) is 49.3 Å². The third-order valence-electron chi connectivity index (χ3n) is 2.34. The molecule has 3 nitrogen and oxygen atoms in total. The summed E-state index contributed by atoms with van der Waals surface area (Å²) >= 11 is 6.78. The van der Waals surface area contributed by atoms with E-state index in [1.807, 2.05) is 13.2 Å². The standard InChI is InChI=1S/C11H16BrNO2S2/c1-7-5-8(17-10(7)12)6-13-9(11(14)15)3-4-16-2/h5,9,13H,3-4,6H2,1-2H3,(H,14,15)/t9-/m0/s1. The first kappa shape index (κ1) is 15.0. The quantitative estimate of drug-likeness (QED) is 0.802. The summed E-state index contributed by atoms with van der Waals surface area (Å²) in [6, 6.07) is 1.62. The van der Waals surface area contributed by atoms with Gasteiger partial charge in [0.25, 0.3) is 0 Å². The molecule has 96 valence electrons. The van der Waals surface area contributed by atoms with Gasteiger partial charge < -0.3 is 5.11 Å². The first-order valence-corrected chi connectivity index (χ1v) is 8.25. The second-order valence-corrected chi connectivity index (χ2v) is 7.16. The molecule has 0 aliphatic rings. The van der Waals surface area contributed by atoms with Gasteiger partial charge in [0.2, 0.25) is 0 Å². The van der Waals surface area contributed by atoms with Crippen LogP contribution < -0.4 is 5.32 Å². The maximum atomic E-state index is 11.0. The molecule has 0 unspecified atom stereocenters. The number of nitrogens with one attached hydrogen (secondary N) is 1. The molecule has 1 atom stereocenters. The largest absolute Gasteiger partial charge is 0.480 e. The third kappa shape index (κ3) is 4.99. The lowest BCUT2D eigenvalue weighted by Crippen LogP contribution is -2.36. The number of carboxylic acid groups (broad SMARTS) is 1. The maximum Gasteiger partial charge on any atom is 0.320 e. The summed E-state index contributed by atoms with van der Waals surface area (Å²) < 4.78 is 1.12. The van der Waals surface area contributed by atoms with Gasteiger partial charge in [-0.2, -0.15) is 11.8 Å². The van der Waals surface area contributed by atoms with E-state index in [1.54, 1.807) is 23.1 Å². The van der Waals surface area contributed by atoms with Crippen LogP contribution in [0.3, 0.4) is 0 Å². The zero-order chi connectivity index (χ0) is 12.8. The minimum absolute atomic E-state index is 0.455. The first-order valence-electron chi connectivity index (χ1n) is 5.24. The molecule has 0 aliphatic heterocycles. The number of hydrogen-bond donors (Lipinski definition) is 2. The van der Waals surface area contributed by atoms with Gasteiger partial charge in [0.15, 0.2) is 0 Å². The van der Waals surface area contributed by atoms with Crippen molar-refractivity contribution in [1.82, 2.24) is 5.32 Å². The molecule has 6 heteroatoms. The van der Waals surface area contributed by atoms with E-state index in [1.165, 1.54) is 5.56 Å². The molecule has 0 bridgehead atoms. The summed E-state index contributed by atoms with van der Waals surface area (Å²) in [5.74, 6) is 0.0864. The van der Waals surface area contributed by atoms with Crippen LogP contribution in [-0.2, 0) is 11.3 Å². The van der Waals surface area contributed by atoms with Crippen molar-refractivity contribution < 1.29 is 9.90 Å². The molecule has 0 saturated carbocycles. The van der Waals surface area contributed by atoms with Crippen LogP contribution >= 0.6 is 39.0 Å². The Bertz CT molecular complexity index is 362. The fraction of sp³-hybridized carbons (Fsp3) is 0.545. The molecule has 1 aromatic rings. The number of rotatable bonds is 7. The van der Waals surface area contributed by atoms with E-state index in [0.29, 0.717) is 13.0 Å². The van der Waals surface area contributed by atoms with Gasteiger partial charge in [0, 0.05) is 11.4 Å². The Hall–Kier alpha value is -0.0400. The van der Waals surface area contributed by atoms with Crippen LogP contribution in [0.4, 0.5) is 0 Å². The Balaban J connectivity index is 2.48. The van der Waals surface area contributed by atoms with Gasteiger partial charge in [-0.3, -0.25) is 10.1 Å². The van der Waals surface area contributed by atoms with E-state index < -0.39 is 12.0 Å². The summed E-state index contributed by atoms with van der Waals surface area (Å²) in [5.41, 5.74) is 1.20. The summed E-state index contributed by atoms with van der Waals surface area (Å²) in [6.07, 6.45) is 2.64. The van der Waals surface area contributed by atoms with Crippen molar-refractivity contribution in [2.24, 2.45) is 0 Å². The van der Waals surface area contributed by atoms with Crippen LogP contribution in [0.15, 0.2) is 9.85 Å². The molecule has 17 heavy (non-hydrogen) atoms. The van der Waals surface area contributed by atoms with Crippen molar-refractivity contribution in [3.63, 3.8) is 0 Å². The predicted molar refractivity (Wildman–Crippen MR) is 78.0 cm³/mol. The molecule has 1 heterocycles. The second-order valence-electron chi connectivity index (χ2n) is 3.72. The van der Waals surface area contributed by atoms with Crippen LogP contribution in [0.5, 0.6) is 0 Å². The summed E-state index contributed by atoms with van der Waals surface area (Å²) in [5, 5.41) is 12.1. The summed E-state index contributed by atoms with van der Waals surface area (Å²) in [6.45, 7) is 2.65. The summed E-state index contributed by atoms with van der Waals surface area (Å²) in [4.78, 5) is 12.2. The Kier molecular flexibility index (Phi) is 6.54. The van der Waals surface area contributed by atoms with Gasteiger partial charge in [-0.25, -0.2) is 0 Å². The minimum atomic E-state index is -0.772. The number of halogens is 1. The molecule has 0 fully saturated rings. The molecular formula is C11H16BrNO2S2. The smallest absolute Gasteiger partial charge is 0.320 e. The van der Waals surface area contributed by atoms with Crippen molar-refractivity contribution in [3.8, 4) is 0 Å². The molecule has 0 amide bonds. The third-order valence-corrected chi connectivity index (χ3v) is 5.12. The van der Waals surface area contributed by atoms with Crippen LogP contribution in [0.2, 0.25) is 0 Å². The zero-order valence-corrected chi connectivity index (χ0v) is 13.0. The maximum absolute atomic E-state index is 11.0. The molecule has 1 aromatic heterocycles. The monoisotopic (exact) mass is 337 g/mol.